The van der Waals surface area contributed by atoms with E-state index in [2.05, 4.69) is 4.98 Å². The molecular weight excluding hydrogens is 220 g/mol. The lowest BCUT2D eigenvalue weighted by molar-refractivity contribution is -0.144. The molecule has 1 aliphatic heterocycles. The van der Waals surface area contributed by atoms with Crippen molar-refractivity contribution in [1.82, 2.24) is 9.88 Å². The molecule has 90 valence electrons. The van der Waals surface area contributed by atoms with Crippen molar-refractivity contribution in [3.63, 3.8) is 0 Å². The molecule has 1 amide bonds. The summed E-state index contributed by atoms with van der Waals surface area (Å²) in [7, 11) is 0. The van der Waals surface area contributed by atoms with Crippen molar-refractivity contribution in [3.05, 3.63) is 30.1 Å². The van der Waals surface area contributed by atoms with E-state index in [0.717, 1.165) is 5.69 Å². The highest BCUT2D eigenvalue weighted by atomic mass is 16.4. The highest BCUT2D eigenvalue weighted by Crippen LogP contribution is 2.19. The van der Waals surface area contributed by atoms with E-state index in [1.54, 1.807) is 17.2 Å². The van der Waals surface area contributed by atoms with E-state index in [4.69, 9.17) is 5.11 Å². The van der Waals surface area contributed by atoms with Gasteiger partial charge in [0, 0.05) is 30.9 Å². The zero-order valence-electron chi connectivity index (χ0n) is 9.37. The zero-order valence-corrected chi connectivity index (χ0v) is 9.37. The molecule has 0 atom stereocenters. The Hall–Kier alpha value is -1.91. The van der Waals surface area contributed by atoms with Crippen molar-refractivity contribution in [2.24, 2.45) is 5.92 Å². The average molecular weight is 234 g/mol. The Balaban J connectivity index is 1.78. The molecule has 17 heavy (non-hydrogen) atoms. The van der Waals surface area contributed by atoms with Gasteiger partial charge in [0.05, 0.1) is 12.8 Å². The van der Waals surface area contributed by atoms with Gasteiger partial charge in [-0.05, 0) is 12.1 Å². The molecule has 1 saturated heterocycles. The van der Waals surface area contributed by atoms with Crippen molar-refractivity contribution in [2.45, 2.75) is 12.8 Å². The first kappa shape index (κ1) is 11.6. The van der Waals surface area contributed by atoms with Crippen molar-refractivity contribution < 1.29 is 14.7 Å². The van der Waals surface area contributed by atoms with Crippen LogP contribution in [0.4, 0.5) is 0 Å². The van der Waals surface area contributed by atoms with Crippen LogP contribution in [0.1, 0.15) is 12.1 Å². The molecule has 0 unspecified atom stereocenters. The summed E-state index contributed by atoms with van der Waals surface area (Å²) in [5.74, 6) is -0.669. The van der Waals surface area contributed by atoms with Gasteiger partial charge in [-0.2, -0.15) is 0 Å². The summed E-state index contributed by atoms with van der Waals surface area (Å²) in [4.78, 5) is 28.0. The average Bonchev–Trinajstić information content (AvgIpc) is 2.23. The van der Waals surface area contributed by atoms with E-state index in [9.17, 15) is 9.59 Å². The first-order valence-electron chi connectivity index (χ1n) is 5.54. The number of pyridine rings is 1. The second-order valence-corrected chi connectivity index (χ2v) is 4.26. The molecular formula is C12H14N2O3. The minimum Gasteiger partial charge on any atom is -0.481 e. The Labute approximate surface area is 99.1 Å². The van der Waals surface area contributed by atoms with Gasteiger partial charge in [-0.25, -0.2) is 0 Å². The summed E-state index contributed by atoms with van der Waals surface area (Å²) in [6.07, 6.45) is 2.10. The Morgan fingerprint density at radius 1 is 1.41 bits per heavy atom. The van der Waals surface area contributed by atoms with E-state index in [1.807, 2.05) is 12.1 Å². The van der Waals surface area contributed by atoms with Crippen LogP contribution in [-0.4, -0.2) is 40.0 Å². The number of carbonyl (C=O) groups excluding carboxylic acids is 1. The molecule has 0 spiro atoms. The van der Waals surface area contributed by atoms with Crippen molar-refractivity contribution >= 4 is 11.9 Å². The summed E-state index contributed by atoms with van der Waals surface area (Å²) >= 11 is 0. The smallest absolute Gasteiger partial charge is 0.303 e. The van der Waals surface area contributed by atoms with Gasteiger partial charge in [0.15, 0.2) is 0 Å². The third-order valence-corrected chi connectivity index (χ3v) is 2.83. The number of hydrogen-bond donors (Lipinski definition) is 1. The van der Waals surface area contributed by atoms with Gasteiger partial charge in [-0.15, -0.1) is 0 Å². The molecule has 5 heteroatoms. The minimum atomic E-state index is -0.799. The molecule has 1 aliphatic rings. The lowest BCUT2D eigenvalue weighted by Crippen LogP contribution is -2.51. The molecule has 0 radical (unpaired) electrons. The highest BCUT2D eigenvalue weighted by molar-refractivity contribution is 5.79. The largest absolute Gasteiger partial charge is 0.481 e. The van der Waals surface area contributed by atoms with Crippen LogP contribution in [0.25, 0.3) is 0 Å². The van der Waals surface area contributed by atoms with Gasteiger partial charge >= 0.3 is 5.97 Å². The van der Waals surface area contributed by atoms with Crippen molar-refractivity contribution in [1.29, 1.82) is 0 Å². The number of rotatable bonds is 4. The molecule has 1 aromatic rings. The van der Waals surface area contributed by atoms with E-state index >= 15 is 0 Å². The SMILES string of the molecule is O=C(O)CC1CN(C(=O)Cc2ccccn2)C1. The van der Waals surface area contributed by atoms with Crippen molar-refractivity contribution in [3.8, 4) is 0 Å². The van der Waals surface area contributed by atoms with Crippen LogP contribution in [0.15, 0.2) is 24.4 Å². The molecule has 5 nitrogen and oxygen atoms in total. The first-order valence-corrected chi connectivity index (χ1v) is 5.54. The fourth-order valence-corrected chi connectivity index (χ4v) is 1.92. The zero-order chi connectivity index (χ0) is 12.3. The molecule has 1 aromatic heterocycles. The quantitative estimate of drug-likeness (QED) is 0.826. The number of aromatic nitrogens is 1. The number of carbonyl (C=O) groups is 2. The maximum absolute atomic E-state index is 11.8. The molecule has 0 aliphatic carbocycles. The third-order valence-electron chi connectivity index (χ3n) is 2.83. The Morgan fingerprint density at radius 3 is 2.76 bits per heavy atom. The van der Waals surface area contributed by atoms with E-state index in [-0.39, 0.29) is 18.2 Å². The van der Waals surface area contributed by atoms with Crippen LogP contribution < -0.4 is 0 Å². The van der Waals surface area contributed by atoms with Crippen LogP contribution in [0.5, 0.6) is 0 Å². The van der Waals surface area contributed by atoms with Crippen molar-refractivity contribution in [2.75, 3.05) is 13.1 Å². The Morgan fingerprint density at radius 2 is 2.18 bits per heavy atom. The fourth-order valence-electron chi connectivity index (χ4n) is 1.92. The molecule has 1 fully saturated rings. The Bertz CT molecular complexity index is 413. The molecule has 0 saturated carbocycles. The predicted octanol–water partition coefficient (Wildman–Crippen LogP) is 0.557. The second-order valence-electron chi connectivity index (χ2n) is 4.26. The number of carboxylic acid groups (broad SMARTS) is 1. The van der Waals surface area contributed by atoms with Crippen LogP contribution in [0, 0.1) is 5.92 Å². The van der Waals surface area contributed by atoms with Gasteiger partial charge < -0.3 is 10.0 Å². The van der Waals surface area contributed by atoms with E-state index in [1.165, 1.54) is 0 Å². The summed E-state index contributed by atoms with van der Waals surface area (Å²) in [6.45, 7) is 1.11. The van der Waals surface area contributed by atoms with Gasteiger partial charge in [-0.1, -0.05) is 6.07 Å². The lowest BCUT2D eigenvalue weighted by Gasteiger charge is -2.38. The van der Waals surface area contributed by atoms with E-state index < -0.39 is 5.97 Å². The van der Waals surface area contributed by atoms with Crippen LogP contribution in [0.2, 0.25) is 0 Å². The summed E-state index contributed by atoms with van der Waals surface area (Å²) in [5.41, 5.74) is 0.749. The number of hydrogen-bond acceptors (Lipinski definition) is 3. The van der Waals surface area contributed by atoms with Gasteiger partial charge in [0.25, 0.3) is 0 Å². The maximum Gasteiger partial charge on any atom is 0.303 e. The van der Waals surface area contributed by atoms with Crippen LogP contribution in [-0.2, 0) is 16.0 Å². The number of aliphatic carboxylic acids is 1. The number of likely N-dealkylation sites (tertiary alicyclic amines) is 1. The number of carboxylic acids is 1. The fraction of sp³-hybridized carbons (Fsp3) is 0.417. The molecule has 2 rings (SSSR count). The normalized spacial score (nSPS) is 15.4. The lowest BCUT2D eigenvalue weighted by atomic mass is 9.96. The predicted molar refractivity (Wildman–Crippen MR) is 60.3 cm³/mol. The Kier molecular flexibility index (Phi) is 3.37. The summed E-state index contributed by atoms with van der Waals surface area (Å²) in [6, 6.07) is 5.46. The van der Waals surface area contributed by atoms with E-state index in [0.29, 0.717) is 19.5 Å². The van der Waals surface area contributed by atoms with Crippen LogP contribution >= 0.6 is 0 Å². The maximum atomic E-state index is 11.8. The summed E-state index contributed by atoms with van der Waals surface area (Å²) in [5, 5.41) is 8.60. The third kappa shape index (κ3) is 3.03. The molecule has 0 bridgehead atoms. The first-order chi connectivity index (χ1) is 8.15. The highest BCUT2D eigenvalue weighted by Gasteiger charge is 2.31. The topological polar surface area (TPSA) is 70.5 Å². The number of nitrogens with zero attached hydrogens (tertiary/aromatic N) is 2. The van der Waals surface area contributed by atoms with Gasteiger partial charge in [0.2, 0.25) is 5.91 Å². The van der Waals surface area contributed by atoms with Gasteiger partial charge in [-0.3, -0.25) is 14.6 Å². The summed E-state index contributed by atoms with van der Waals surface area (Å²) < 4.78 is 0. The molecule has 0 aromatic carbocycles. The minimum absolute atomic E-state index is 0.0188. The molecule has 2 heterocycles. The standard InChI is InChI=1S/C12H14N2O3/c15-11(6-10-3-1-2-4-13-10)14-7-9(8-14)5-12(16)17/h1-4,9H,5-8H2,(H,16,17). The second kappa shape index (κ2) is 4.95. The monoisotopic (exact) mass is 234 g/mol. The van der Waals surface area contributed by atoms with Gasteiger partial charge in [0.1, 0.15) is 0 Å². The van der Waals surface area contributed by atoms with Crippen LogP contribution in [0.3, 0.4) is 0 Å². The molecule has 1 N–H and O–H groups in total. The number of amides is 1.